The van der Waals surface area contributed by atoms with Crippen LogP contribution < -0.4 is 4.74 Å². The van der Waals surface area contributed by atoms with Crippen molar-refractivity contribution in [2.24, 2.45) is 0 Å². The zero-order valence-electron chi connectivity index (χ0n) is 10.8. The summed E-state index contributed by atoms with van der Waals surface area (Å²) in [5, 5.41) is 0. The lowest BCUT2D eigenvalue weighted by Crippen LogP contribution is -2.44. The van der Waals surface area contributed by atoms with E-state index >= 15 is 0 Å². The highest BCUT2D eigenvalue weighted by Crippen LogP contribution is 2.16. The highest BCUT2D eigenvalue weighted by molar-refractivity contribution is 6.17. The Balaban J connectivity index is 1.85. The van der Waals surface area contributed by atoms with Crippen LogP contribution in [-0.4, -0.2) is 45.8 Å². The molecular weight excluding hydrogens is 266 g/mol. The number of hydrogen-bond donors (Lipinski definition) is 0. The maximum absolute atomic E-state index is 11.9. The number of hydrogen-bond acceptors (Lipinski definition) is 4. The summed E-state index contributed by atoms with van der Waals surface area (Å²) in [6.07, 6.45) is 6.39. The third-order valence-electron chi connectivity index (χ3n) is 3.07. The molecule has 0 aliphatic carbocycles. The van der Waals surface area contributed by atoms with Crippen molar-refractivity contribution in [1.82, 2.24) is 14.9 Å². The molecule has 2 heterocycles. The first-order valence-electron chi connectivity index (χ1n) is 6.57. The Labute approximate surface area is 117 Å². The van der Waals surface area contributed by atoms with Gasteiger partial charge in [-0.3, -0.25) is 4.79 Å². The summed E-state index contributed by atoms with van der Waals surface area (Å²) >= 11 is 5.61. The Hall–Kier alpha value is -1.36. The molecule has 0 spiro atoms. The van der Waals surface area contributed by atoms with Gasteiger partial charge >= 0.3 is 6.01 Å². The van der Waals surface area contributed by atoms with Crippen molar-refractivity contribution in [1.29, 1.82) is 0 Å². The molecule has 0 saturated carbocycles. The smallest absolute Gasteiger partial charge is 0.316 e. The molecule has 1 aliphatic heterocycles. The summed E-state index contributed by atoms with van der Waals surface area (Å²) in [5.74, 6) is 0.681. The predicted molar refractivity (Wildman–Crippen MR) is 72.2 cm³/mol. The quantitative estimate of drug-likeness (QED) is 0.774. The molecule has 1 atom stereocenters. The fourth-order valence-corrected chi connectivity index (χ4v) is 2.27. The maximum atomic E-state index is 11.9. The number of carbonyl (C=O) groups is 1. The van der Waals surface area contributed by atoms with Gasteiger partial charge in [0.25, 0.3) is 0 Å². The van der Waals surface area contributed by atoms with Gasteiger partial charge in [0.05, 0.1) is 6.54 Å². The van der Waals surface area contributed by atoms with Gasteiger partial charge in [-0.15, -0.1) is 11.6 Å². The van der Waals surface area contributed by atoms with Crippen LogP contribution in [0.25, 0.3) is 0 Å². The third kappa shape index (κ3) is 4.35. The summed E-state index contributed by atoms with van der Waals surface area (Å²) < 4.78 is 5.70. The van der Waals surface area contributed by atoms with Gasteiger partial charge in [-0.05, 0) is 25.3 Å². The van der Waals surface area contributed by atoms with E-state index in [4.69, 9.17) is 16.3 Å². The highest BCUT2D eigenvalue weighted by Gasteiger charge is 2.24. The molecule has 1 aliphatic rings. The lowest BCUT2D eigenvalue weighted by molar-refractivity contribution is -0.133. The van der Waals surface area contributed by atoms with Gasteiger partial charge in [0.1, 0.15) is 6.10 Å². The van der Waals surface area contributed by atoms with Crippen molar-refractivity contribution in [2.45, 2.75) is 31.8 Å². The fraction of sp³-hybridized carbons (Fsp3) is 0.615. The van der Waals surface area contributed by atoms with E-state index in [-0.39, 0.29) is 12.0 Å². The Morgan fingerprint density at radius 3 is 3.00 bits per heavy atom. The van der Waals surface area contributed by atoms with E-state index in [1.54, 1.807) is 18.5 Å². The van der Waals surface area contributed by atoms with E-state index in [2.05, 4.69) is 9.97 Å². The number of nitrogens with zero attached hydrogens (tertiary/aromatic N) is 3. The monoisotopic (exact) mass is 283 g/mol. The van der Waals surface area contributed by atoms with E-state index < -0.39 is 0 Å². The Morgan fingerprint density at radius 1 is 1.47 bits per heavy atom. The van der Waals surface area contributed by atoms with Gasteiger partial charge in [-0.1, -0.05) is 0 Å². The summed E-state index contributed by atoms with van der Waals surface area (Å²) in [7, 11) is 0. The van der Waals surface area contributed by atoms with Crippen molar-refractivity contribution in [2.75, 3.05) is 19.0 Å². The molecule has 104 valence electrons. The minimum atomic E-state index is -0.0175. The largest absolute Gasteiger partial charge is 0.458 e. The van der Waals surface area contributed by atoms with Crippen LogP contribution in [0.3, 0.4) is 0 Å². The van der Waals surface area contributed by atoms with Gasteiger partial charge in [0.2, 0.25) is 5.91 Å². The topological polar surface area (TPSA) is 55.3 Å². The molecule has 0 radical (unpaired) electrons. The van der Waals surface area contributed by atoms with Crippen molar-refractivity contribution in [3.63, 3.8) is 0 Å². The molecule has 0 N–H and O–H groups in total. The Kier molecular flexibility index (Phi) is 5.39. The highest BCUT2D eigenvalue weighted by atomic mass is 35.5. The molecule has 5 nitrogen and oxygen atoms in total. The molecule has 19 heavy (non-hydrogen) atoms. The molecule has 1 unspecified atom stereocenters. The first kappa shape index (κ1) is 14.1. The Morgan fingerprint density at radius 2 is 2.26 bits per heavy atom. The number of likely N-dealkylation sites (tertiary alicyclic amines) is 1. The zero-order valence-corrected chi connectivity index (χ0v) is 11.6. The number of piperidine rings is 1. The molecule has 1 fully saturated rings. The number of ether oxygens (including phenoxy) is 1. The van der Waals surface area contributed by atoms with Crippen LogP contribution in [0.1, 0.15) is 25.7 Å². The van der Waals surface area contributed by atoms with Crippen LogP contribution >= 0.6 is 11.6 Å². The normalized spacial score (nSPS) is 19.2. The van der Waals surface area contributed by atoms with E-state index in [1.807, 2.05) is 4.90 Å². The van der Waals surface area contributed by atoms with Crippen LogP contribution in [-0.2, 0) is 4.79 Å². The first-order valence-corrected chi connectivity index (χ1v) is 7.10. The molecule has 1 aromatic rings. The standard InChI is InChI=1S/C13H18ClN3O2/c14-6-1-5-12(18)17-9-2-4-11(10-17)19-13-15-7-3-8-16-13/h3,7-8,11H,1-2,4-6,9-10H2. The van der Waals surface area contributed by atoms with Crippen LogP contribution in [0.5, 0.6) is 6.01 Å². The molecule has 1 amide bonds. The minimum absolute atomic E-state index is 0.0175. The van der Waals surface area contributed by atoms with Crippen molar-refractivity contribution < 1.29 is 9.53 Å². The number of carbonyl (C=O) groups excluding carboxylic acids is 1. The SMILES string of the molecule is O=C(CCCCl)N1CCCC(Oc2ncccn2)C1. The number of alkyl halides is 1. The van der Waals surface area contributed by atoms with Crippen molar-refractivity contribution >= 4 is 17.5 Å². The maximum Gasteiger partial charge on any atom is 0.316 e. The molecule has 6 heteroatoms. The van der Waals surface area contributed by atoms with E-state index in [0.717, 1.165) is 25.8 Å². The molecule has 0 aromatic carbocycles. The lowest BCUT2D eigenvalue weighted by atomic mass is 10.1. The molecule has 1 aromatic heterocycles. The molecule has 1 saturated heterocycles. The van der Waals surface area contributed by atoms with Crippen LogP contribution in [0.4, 0.5) is 0 Å². The van der Waals surface area contributed by atoms with Gasteiger partial charge < -0.3 is 9.64 Å². The average molecular weight is 284 g/mol. The minimum Gasteiger partial charge on any atom is -0.458 e. The van der Waals surface area contributed by atoms with Crippen LogP contribution in [0.2, 0.25) is 0 Å². The third-order valence-corrected chi connectivity index (χ3v) is 3.34. The van der Waals surface area contributed by atoms with Gasteiger partial charge in [-0.2, -0.15) is 0 Å². The van der Waals surface area contributed by atoms with E-state index in [1.165, 1.54) is 0 Å². The molecular formula is C13H18ClN3O2. The second kappa shape index (κ2) is 7.28. The van der Waals surface area contributed by atoms with E-state index in [0.29, 0.717) is 24.9 Å². The number of halogens is 1. The zero-order chi connectivity index (χ0) is 13.5. The van der Waals surface area contributed by atoms with Crippen LogP contribution in [0.15, 0.2) is 18.5 Å². The number of aromatic nitrogens is 2. The Bertz CT molecular complexity index is 402. The summed E-state index contributed by atoms with van der Waals surface area (Å²) in [6, 6.07) is 2.12. The van der Waals surface area contributed by atoms with Gasteiger partial charge in [0.15, 0.2) is 0 Å². The first-order chi connectivity index (χ1) is 9.29. The average Bonchev–Trinajstić information content (AvgIpc) is 2.46. The fourth-order valence-electron chi connectivity index (χ4n) is 2.13. The second-order valence-corrected chi connectivity index (χ2v) is 4.92. The predicted octanol–water partition coefficient (Wildman–Crippen LogP) is 1.87. The van der Waals surface area contributed by atoms with Gasteiger partial charge in [-0.25, -0.2) is 9.97 Å². The molecule has 0 bridgehead atoms. The summed E-state index contributed by atoms with van der Waals surface area (Å²) in [6.45, 7) is 1.41. The molecule has 2 rings (SSSR count). The summed E-state index contributed by atoms with van der Waals surface area (Å²) in [4.78, 5) is 21.9. The van der Waals surface area contributed by atoms with Crippen LogP contribution in [0, 0.1) is 0 Å². The van der Waals surface area contributed by atoms with Gasteiger partial charge in [0, 0.05) is 31.2 Å². The van der Waals surface area contributed by atoms with Crippen molar-refractivity contribution in [3.05, 3.63) is 18.5 Å². The van der Waals surface area contributed by atoms with Crippen molar-refractivity contribution in [3.8, 4) is 6.01 Å². The number of amides is 1. The number of rotatable bonds is 5. The second-order valence-electron chi connectivity index (χ2n) is 4.55. The van der Waals surface area contributed by atoms with E-state index in [9.17, 15) is 4.79 Å². The lowest BCUT2D eigenvalue weighted by Gasteiger charge is -2.32. The summed E-state index contributed by atoms with van der Waals surface area (Å²) in [5.41, 5.74) is 0.